The lowest BCUT2D eigenvalue weighted by atomic mass is 9.94. The second-order valence-corrected chi connectivity index (χ2v) is 14.8. The Bertz CT molecular complexity index is 3550. The van der Waals surface area contributed by atoms with Gasteiger partial charge in [-0.3, -0.25) is 9.55 Å². The van der Waals surface area contributed by atoms with E-state index in [9.17, 15) is 0 Å². The van der Waals surface area contributed by atoms with Crippen molar-refractivity contribution < 1.29 is 0 Å². The monoisotopic (exact) mass is 739 g/mol. The SMILES string of the molecule is c1ccc(-c2ccc(-c3nc(-n4c5ccccc5c5cc(-c6ccc7c(c6)c6ccccc6n7-c6cccnc6)c6ccccc6c54)nc4ccccc34)cc2)cc1. The molecular weight excluding hydrogens is 707 g/mol. The molecule has 0 N–H and O–H groups in total. The van der Waals surface area contributed by atoms with E-state index in [1.807, 2.05) is 18.5 Å². The van der Waals surface area contributed by atoms with E-state index in [4.69, 9.17) is 9.97 Å². The third-order valence-electron chi connectivity index (χ3n) is 11.6. The molecule has 0 aliphatic rings. The van der Waals surface area contributed by atoms with Crippen molar-refractivity contribution in [1.82, 2.24) is 24.1 Å². The van der Waals surface area contributed by atoms with Crippen LogP contribution in [0.5, 0.6) is 0 Å². The number of aromatic nitrogens is 5. The molecule has 0 atom stereocenters. The van der Waals surface area contributed by atoms with Crippen LogP contribution in [0.1, 0.15) is 0 Å². The maximum absolute atomic E-state index is 5.44. The molecule has 5 heteroatoms. The molecule has 0 aliphatic heterocycles. The van der Waals surface area contributed by atoms with Crippen LogP contribution < -0.4 is 0 Å². The van der Waals surface area contributed by atoms with E-state index in [0.29, 0.717) is 5.95 Å². The minimum Gasteiger partial charge on any atom is -0.308 e. The van der Waals surface area contributed by atoms with Crippen molar-refractivity contribution in [3.8, 4) is 45.1 Å². The Morgan fingerprint density at radius 2 is 0.966 bits per heavy atom. The average Bonchev–Trinajstić information content (AvgIpc) is 3.82. The standard InChI is InChI=1S/C53H33N5/c1-2-13-34(14-3-1)35-24-26-36(27-25-35)51-43-20-6-9-21-47(43)55-53(56-51)58-49-23-11-8-18-41(49)46-32-44(39-16-4-5-19-42(39)52(46)58)37-28-29-50-45(31-37)40-17-7-10-22-48(40)57(50)38-15-12-30-54-33-38/h1-33H. The van der Waals surface area contributed by atoms with Gasteiger partial charge < -0.3 is 4.57 Å². The summed E-state index contributed by atoms with van der Waals surface area (Å²) in [7, 11) is 0. The first-order valence-corrected chi connectivity index (χ1v) is 19.6. The molecule has 0 fully saturated rings. The van der Waals surface area contributed by atoms with Gasteiger partial charge >= 0.3 is 0 Å². The quantitative estimate of drug-likeness (QED) is 0.177. The molecule has 4 heterocycles. The second kappa shape index (κ2) is 12.8. The Morgan fingerprint density at radius 1 is 0.362 bits per heavy atom. The fraction of sp³-hybridized carbons (Fsp3) is 0. The molecule has 0 amide bonds. The second-order valence-electron chi connectivity index (χ2n) is 14.8. The number of rotatable bonds is 5. The van der Waals surface area contributed by atoms with E-state index in [1.54, 1.807) is 0 Å². The smallest absolute Gasteiger partial charge is 0.235 e. The highest BCUT2D eigenvalue weighted by Gasteiger charge is 2.22. The molecule has 0 bridgehead atoms. The van der Waals surface area contributed by atoms with E-state index in [1.165, 1.54) is 38.4 Å². The van der Waals surface area contributed by atoms with Gasteiger partial charge in [0.25, 0.3) is 0 Å². The minimum atomic E-state index is 0.648. The van der Waals surface area contributed by atoms with E-state index in [0.717, 1.165) is 66.1 Å². The Hall–Kier alpha value is -7.89. The maximum Gasteiger partial charge on any atom is 0.235 e. The van der Waals surface area contributed by atoms with Crippen LogP contribution in [0.2, 0.25) is 0 Å². The van der Waals surface area contributed by atoms with Crippen molar-refractivity contribution in [2.45, 2.75) is 0 Å². The van der Waals surface area contributed by atoms with Gasteiger partial charge in [0, 0.05) is 44.1 Å². The molecule has 0 aliphatic carbocycles. The van der Waals surface area contributed by atoms with Gasteiger partial charge in [0.2, 0.25) is 5.95 Å². The molecular formula is C53H33N5. The summed E-state index contributed by atoms with van der Waals surface area (Å²) in [4.78, 5) is 15.2. The summed E-state index contributed by atoms with van der Waals surface area (Å²) in [6.45, 7) is 0. The van der Waals surface area contributed by atoms with Crippen LogP contribution in [-0.2, 0) is 0 Å². The first-order chi connectivity index (χ1) is 28.8. The number of benzene rings is 8. The van der Waals surface area contributed by atoms with Gasteiger partial charge in [-0.05, 0) is 76.2 Å². The van der Waals surface area contributed by atoms with Gasteiger partial charge in [0.15, 0.2) is 0 Å². The highest BCUT2D eigenvalue weighted by Crippen LogP contribution is 2.43. The number of pyridine rings is 1. The number of hydrogen-bond donors (Lipinski definition) is 0. The third-order valence-corrected chi connectivity index (χ3v) is 11.6. The zero-order chi connectivity index (χ0) is 38.2. The minimum absolute atomic E-state index is 0.648. The molecule has 5 nitrogen and oxygen atoms in total. The van der Waals surface area contributed by atoms with Crippen molar-refractivity contribution in [3.63, 3.8) is 0 Å². The highest BCUT2D eigenvalue weighted by atomic mass is 15.2. The van der Waals surface area contributed by atoms with E-state index in [-0.39, 0.29) is 0 Å². The first kappa shape index (κ1) is 32.4. The highest BCUT2D eigenvalue weighted by molar-refractivity contribution is 6.22. The van der Waals surface area contributed by atoms with Gasteiger partial charge in [-0.2, -0.15) is 0 Å². The predicted octanol–water partition coefficient (Wildman–Crippen LogP) is 13.4. The van der Waals surface area contributed by atoms with E-state index in [2.05, 4.69) is 196 Å². The fourth-order valence-corrected chi connectivity index (χ4v) is 9.01. The number of nitrogens with zero attached hydrogens (tertiary/aromatic N) is 5. The molecule has 12 aromatic rings. The van der Waals surface area contributed by atoms with Crippen molar-refractivity contribution in [3.05, 3.63) is 200 Å². The summed E-state index contributed by atoms with van der Waals surface area (Å²) in [5.74, 6) is 0.648. The number of hydrogen-bond acceptors (Lipinski definition) is 3. The van der Waals surface area contributed by atoms with Crippen LogP contribution in [0.15, 0.2) is 200 Å². The molecule has 0 radical (unpaired) electrons. The zero-order valence-corrected chi connectivity index (χ0v) is 31.3. The Morgan fingerprint density at radius 3 is 1.74 bits per heavy atom. The van der Waals surface area contributed by atoms with Gasteiger partial charge in [-0.15, -0.1) is 0 Å². The molecule has 12 rings (SSSR count). The topological polar surface area (TPSA) is 48.5 Å². The van der Waals surface area contributed by atoms with Crippen LogP contribution in [-0.4, -0.2) is 24.1 Å². The summed E-state index contributed by atoms with van der Waals surface area (Å²) in [5, 5.41) is 8.08. The van der Waals surface area contributed by atoms with Crippen LogP contribution in [0.4, 0.5) is 0 Å². The maximum atomic E-state index is 5.44. The molecule has 8 aromatic carbocycles. The molecule has 0 spiro atoms. The number of fused-ring (bicyclic) bond motifs is 9. The summed E-state index contributed by atoms with van der Waals surface area (Å²) in [6.07, 6.45) is 3.75. The van der Waals surface area contributed by atoms with Crippen molar-refractivity contribution in [2.24, 2.45) is 0 Å². The molecule has 0 saturated heterocycles. The average molecular weight is 740 g/mol. The summed E-state index contributed by atoms with van der Waals surface area (Å²) < 4.78 is 4.58. The summed E-state index contributed by atoms with van der Waals surface area (Å²) >= 11 is 0. The fourth-order valence-electron chi connectivity index (χ4n) is 9.01. The van der Waals surface area contributed by atoms with Gasteiger partial charge in [0.05, 0.1) is 45.2 Å². The van der Waals surface area contributed by atoms with Crippen molar-refractivity contribution >= 4 is 65.3 Å². The zero-order valence-electron chi connectivity index (χ0n) is 31.3. The van der Waals surface area contributed by atoms with Crippen LogP contribution in [0.25, 0.3) is 110 Å². The van der Waals surface area contributed by atoms with Crippen LogP contribution >= 0.6 is 0 Å². The van der Waals surface area contributed by atoms with E-state index >= 15 is 0 Å². The normalized spacial score (nSPS) is 11.8. The molecule has 58 heavy (non-hydrogen) atoms. The molecule has 4 aromatic heterocycles. The summed E-state index contributed by atoms with van der Waals surface area (Å²) in [5.41, 5.74) is 13.1. The van der Waals surface area contributed by atoms with Crippen molar-refractivity contribution in [2.75, 3.05) is 0 Å². The lowest BCUT2D eigenvalue weighted by Gasteiger charge is -2.14. The molecule has 270 valence electrons. The lowest BCUT2D eigenvalue weighted by Crippen LogP contribution is -2.04. The van der Waals surface area contributed by atoms with Crippen LogP contribution in [0, 0.1) is 0 Å². The lowest BCUT2D eigenvalue weighted by molar-refractivity contribution is 1.02. The Balaban J connectivity index is 1.10. The van der Waals surface area contributed by atoms with Crippen molar-refractivity contribution in [1.29, 1.82) is 0 Å². The molecule has 0 unspecified atom stereocenters. The Labute approximate surface area is 333 Å². The third kappa shape index (κ3) is 4.93. The molecule has 0 saturated carbocycles. The predicted molar refractivity (Wildman–Crippen MR) is 240 cm³/mol. The Kier molecular flexibility index (Phi) is 7.16. The summed E-state index contributed by atoms with van der Waals surface area (Å²) in [6, 6.07) is 67.0. The van der Waals surface area contributed by atoms with Gasteiger partial charge in [-0.25, -0.2) is 9.97 Å². The van der Waals surface area contributed by atoms with Crippen LogP contribution in [0.3, 0.4) is 0 Å². The number of para-hydroxylation sites is 3. The first-order valence-electron chi connectivity index (χ1n) is 19.6. The largest absolute Gasteiger partial charge is 0.308 e. The van der Waals surface area contributed by atoms with E-state index < -0.39 is 0 Å². The van der Waals surface area contributed by atoms with Gasteiger partial charge in [-0.1, -0.05) is 140 Å². The van der Waals surface area contributed by atoms with Gasteiger partial charge in [0.1, 0.15) is 0 Å².